The van der Waals surface area contributed by atoms with E-state index in [0.29, 0.717) is 5.92 Å². The molecule has 1 aliphatic carbocycles. The molecule has 0 bridgehead atoms. The number of hydrogen-bond acceptors (Lipinski definition) is 2. The highest BCUT2D eigenvalue weighted by atomic mass is 15.4. The number of hydrogen-bond donors (Lipinski definition) is 0. The van der Waals surface area contributed by atoms with Crippen LogP contribution in [-0.2, 0) is 0 Å². The summed E-state index contributed by atoms with van der Waals surface area (Å²) in [6.45, 7) is 2.10. The molecule has 2 heteroatoms. The number of benzene rings is 1. The molecule has 14 heavy (non-hydrogen) atoms. The first-order chi connectivity index (χ1) is 6.83. The van der Waals surface area contributed by atoms with Crippen LogP contribution in [0.2, 0.25) is 0 Å². The molecule has 0 saturated heterocycles. The zero-order valence-corrected chi connectivity index (χ0v) is 8.14. The minimum Gasteiger partial charge on any atom is -0.241 e. The Morgan fingerprint density at radius 1 is 1.29 bits per heavy atom. The van der Waals surface area contributed by atoms with Crippen molar-refractivity contribution in [2.75, 3.05) is 5.01 Å². The second kappa shape index (κ2) is 2.71. The highest BCUT2D eigenvalue weighted by Gasteiger charge is 2.31. The highest BCUT2D eigenvalue weighted by Crippen LogP contribution is 2.39. The predicted octanol–water partition coefficient (Wildman–Crippen LogP) is 2.70. The second-order valence-electron chi connectivity index (χ2n) is 3.96. The Kier molecular flexibility index (Phi) is 1.51. The molecule has 0 radical (unpaired) electrons. The van der Waals surface area contributed by atoms with Crippen molar-refractivity contribution in [1.82, 2.24) is 0 Å². The van der Waals surface area contributed by atoms with Crippen LogP contribution in [0.1, 0.15) is 12.0 Å². The van der Waals surface area contributed by atoms with Gasteiger partial charge in [0.05, 0.1) is 5.69 Å². The Bertz CT molecular complexity index is 414. The molecular formula is C12H12N2. The van der Waals surface area contributed by atoms with Gasteiger partial charge in [-0.05, 0) is 31.1 Å². The van der Waals surface area contributed by atoms with E-state index in [0.717, 1.165) is 5.69 Å². The van der Waals surface area contributed by atoms with Crippen LogP contribution >= 0.6 is 0 Å². The van der Waals surface area contributed by atoms with Crippen LogP contribution in [0.5, 0.6) is 0 Å². The Labute approximate surface area is 83.5 Å². The van der Waals surface area contributed by atoms with Crippen LogP contribution in [-0.4, -0.2) is 6.21 Å². The fraction of sp³-hybridized carbons (Fsp3) is 0.250. The summed E-state index contributed by atoms with van der Waals surface area (Å²) in [4.78, 5) is 0. The third kappa shape index (κ3) is 1.23. The first-order valence-electron chi connectivity index (χ1n) is 4.93. The second-order valence-corrected chi connectivity index (χ2v) is 3.96. The van der Waals surface area contributed by atoms with Gasteiger partial charge >= 0.3 is 0 Å². The number of aryl methyl sites for hydroxylation is 1. The van der Waals surface area contributed by atoms with Gasteiger partial charge in [0.15, 0.2) is 0 Å². The lowest BCUT2D eigenvalue weighted by Gasteiger charge is -2.16. The summed E-state index contributed by atoms with van der Waals surface area (Å²) >= 11 is 0. The number of nitrogens with zero attached hydrogens (tertiary/aromatic N) is 2. The van der Waals surface area contributed by atoms with Gasteiger partial charge in [-0.25, -0.2) is 5.01 Å². The fourth-order valence-electron chi connectivity index (χ4n) is 1.67. The van der Waals surface area contributed by atoms with Crippen LogP contribution in [0.15, 0.2) is 41.1 Å². The van der Waals surface area contributed by atoms with Crippen molar-refractivity contribution in [1.29, 1.82) is 0 Å². The molecule has 2 aliphatic rings. The summed E-state index contributed by atoms with van der Waals surface area (Å²) in [5, 5.41) is 6.34. The lowest BCUT2D eigenvalue weighted by molar-refractivity contribution is 1.04. The van der Waals surface area contributed by atoms with Crippen LogP contribution in [0, 0.1) is 12.8 Å². The molecule has 0 aromatic heterocycles. The maximum atomic E-state index is 4.38. The largest absolute Gasteiger partial charge is 0.241 e. The summed E-state index contributed by atoms with van der Waals surface area (Å²) in [5.74, 6) is 0.650. The molecule has 1 aromatic rings. The molecule has 1 saturated carbocycles. The standard InChI is InChI=1S/C12H12N2/c1-9-2-4-12(5-3-9)14-8-11-6-10(11)7-13-14/h2-5,7-8,10H,6H2,1H3. The molecular weight excluding hydrogens is 172 g/mol. The Balaban J connectivity index is 1.92. The monoisotopic (exact) mass is 184 g/mol. The van der Waals surface area contributed by atoms with Gasteiger partial charge in [0.25, 0.3) is 0 Å². The fourth-order valence-corrected chi connectivity index (χ4v) is 1.67. The first-order valence-corrected chi connectivity index (χ1v) is 4.93. The minimum atomic E-state index is 0.650. The Morgan fingerprint density at radius 3 is 2.79 bits per heavy atom. The Morgan fingerprint density at radius 2 is 2.07 bits per heavy atom. The van der Waals surface area contributed by atoms with E-state index < -0.39 is 0 Å². The Hall–Kier alpha value is -1.57. The molecule has 1 aliphatic heterocycles. The SMILES string of the molecule is Cc1ccc(N2C=C3CC3C=N2)cc1. The van der Waals surface area contributed by atoms with E-state index in [4.69, 9.17) is 0 Å². The summed E-state index contributed by atoms with van der Waals surface area (Å²) < 4.78 is 0. The normalized spacial score (nSPS) is 23.1. The molecule has 0 spiro atoms. The van der Waals surface area contributed by atoms with Crippen molar-refractivity contribution in [3.8, 4) is 0 Å². The molecule has 1 fully saturated rings. The van der Waals surface area contributed by atoms with Crippen molar-refractivity contribution < 1.29 is 0 Å². The molecule has 0 amide bonds. The maximum absolute atomic E-state index is 4.38. The molecule has 0 N–H and O–H groups in total. The van der Waals surface area contributed by atoms with Crippen LogP contribution in [0.25, 0.3) is 0 Å². The summed E-state index contributed by atoms with van der Waals surface area (Å²) in [6.07, 6.45) is 5.39. The van der Waals surface area contributed by atoms with Crippen molar-refractivity contribution in [3.63, 3.8) is 0 Å². The zero-order chi connectivity index (χ0) is 9.54. The quantitative estimate of drug-likeness (QED) is 0.655. The lowest BCUT2D eigenvalue weighted by Crippen LogP contribution is -2.10. The molecule has 1 unspecified atom stereocenters. The van der Waals surface area contributed by atoms with Gasteiger partial charge < -0.3 is 0 Å². The number of allylic oxidation sites excluding steroid dienone is 1. The van der Waals surface area contributed by atoms with Crippen molar-refractivity contribution in [2.24, 2.45) is 11.0 Å². The average molecular weight is 184 g/mol. The van der Waals surface area contributed by atoms with Gasteiger partial charge in [-0.3, -0.25) is 0 Å². The van der Waals surface area contributed by atoms with Crippen molar-refractivity contribution in [3.05, 3.63) is 41.6 Å². The minimum absolute atomic E-state index is 0.650. The van der Waals surface area contributed by atoms with E-state index >= 15 is 0 Å². The number of anilines is 1. The van der Waals surface area contributed by atoms with Crippen molar-refractivity contribution >= 4 is 11.9 Å². The molecule has 1 aromatic carbocycles. The maximum Gasteiger partial charge on any atom is 0.0645 e. The van der Waals surface area contributed by atoms with E-state index in [1.54, 1.807) is 0 Å². The third-order valence-electron chi connectivity index (χ3n) is 2.73. The van der Waals surface area contributed by atoms with Crippen LogP contribution < -0.4 is 5.01 Å². The van der Waals surface area contributed by atoms with Gasteiger partial charge in [0.1, 0.15) is 0 Å². The summed E-state index contributed by atoms with van der Waals surface area (Å²) in [5.41, 5.74) is 3.93. The number of hydrazone groups is 1. The van der Waals surface area contributed by atoms with E-state index in [1.807, 2.05) is 11.2 Å². The van der Waals surface area contributed by atoms with Gasteiger partial charge in [0.2, 0.25) is 0 Å². The zero-order valence-electron chi connectivity index (χ0n) is 8.14. The van der Waals surface area contributed by atoms with E-state index in [2.05, 4.69) is 42.5 Å². The molecule has 2 nitrogen and oxygen atoms in total. The highest BCUT2D eigenvalue weighted by molar-refractivity contribution is 5.76. The van der Waals surface area contributed by atoms with E-state index in [-0.39, 0.29) is 0 Å². The molecule has 1 heterocycles. The lowest BCUT2D eigenvalue weighted by atomic mass is 10.2. The molecule has 70 valence electrons. The topological polar surface area (TPSA) is 15.6 Å². The van der Waals surface area contributed by atoms with Gasteiger partial charge in [-0.1, -0.05) is 17.7 Å². The van der Waals surface area contributed by atoms with Crippen LogP contribution in [0.4, 0.5) is 5.69 Å². The van der Waals surface area contributed by atoms with Crippen molar-refractivity contribution in [2.45, 2.75) is 13.3 Å². The van der Waals surface area contributed by atoms with E-state index in [9.17, 15) is 0 Å². The smallest absolute Gasteiger partial charge is 0.0645 e. The number of rotatable bonds is 1. The number of fused-ring (bicyclic) bond motifs is 1. The first kappa shape index (κ1) is 7.80. The molecule has 1 atom stereocenters. The third-order valence-corrected chi connectivity index (χ3v) is 2.73. The molecule has 3 rings (SSSR count). The van der Waals surface area contributed by atoms with Gasteiger partial charge in [0, 0.05) is 18.3 Å². The van der Waals surface area contributed by atoms with Gasteiger partial charge in [-0.2, -0.15) is 5.10 Å². The van der Waals surface area contributed by atoms with Gasteiger partial charge in [-0.15, -0.1) is 0 Å². The average Bonchev–Trinajstić information content (AvgIpc) is 2.96. The predicted molar refractivity (Wildman–Crippen MR) is 58.3 cm³/mol. The summed E-state index contributed by atoms with van der Waals surface area (Å²) in [6, 6.07) is 8.43. The summed E-state index contributed by atoms with van der Waals surface area (Å²) in [7, 11) is 0. The van der Waals surface area contributed by atoms with Crippen LogP contribution in [0.3, 0.4) is 0 Å². The van der Waals surface area contributed by atoms with E-state index in [1.165, 1.54) is 17.6 Å².